The van der Waals surface area contributed by atoms with Gasteiger partial charge in [-0.2, -0.15) is 8.42 Å². The summed E-state index contributed by atoms with van der Waals surface area (Å²) in [6.07, 6.45) is 1.48. The molecule has 144 valence electrons. The molecule has 1 aliphatic rings. The van der Waals surface area contributed by atoms with Crippen LogP contribution >= 0.6 is 0 Å². The first-order valence-electron chi connectivity index (χ1n) is 8.81. The highest BCUT2D eigenvalue weighted by Gasteiger charge is 2.30. The molecule has 11 heteroatoms. The van der Waals surface area contributed by atoms with Crippen LogP contribution in [0.4, 0.5) is 0 Å². The van der Waals surface area contributed by atoms with E-state index in [4.69, 9.17) is 37.6 Å². The number of hydrogen-bond acceptors (Lipinski definition) is 6. The van der Waals surface area contributed by atoms with Crippen LogP contribution in [-0.2, 0) is 30.7 Å². The van der Waals surface area contributed by atoms with Crippen molar-refractivity contribution in [2.75, 3.05) is 12.4 Å². The van der Waals surface area contributed by atoms with Crippen molar-refractivity contribution < 1.29 is 32.0 Å². The Morgan fingerprint density at radius 1 is 1.14 bits per heavy atom. The lowest BCUT2D eigenvalue weighted by Gasteiger charge is -2.27. The van der Waals surface area contributed by atoms with Gasteiger partial charge in [-0.3, -0.25) is 9.35 Å². The molecule has 0 amide bonds. The van der Waals surface area contributed by atoms with E-state index in [0.29, 0.717) is 42.2 Å². The standard InChI is InChI=1S/C17H19B3O7S/c18-9-14-13(7-11(19)8-15(14)20)17(22)27-12-3-1-10(2-4-12)16(21)26-5-6-28(23,24)25/h7-8,10,12H,1-6,9H2,(H,23,24,25). The van der Waals surface area contributed by atoms with Gasteiger partial charge in [0.2, 0.25) is 0 Å². The van der Waals surface area contributed by atoms with E-state index in [1.807, 2.05) is 0 Å². The molecule has 1 saturated carbocycles. The minimum absolute atomic E-state index is 0.0681. The van der Waals surface area contributed by atoms with E-state index < -0.39 is 40.3 Å². The van der Waals surface area contributed by atoms with Crippen LogP contribution < -0.4 is 10.9 Å². The van der Waals surface area contributed by atoms with Crippen molar-refractivity contribution in [3.63, 3.8) is 0 Å². The van der Waals surface area contributed by atoms with Crippen molar-refractivity contribution in [1.29, 1.82) is 0 Å². The van der Waals surface area contributed by atoms with Crippen molar-refractivity contribution in [2.45, 2.75) is 38.1 Å². The summed E-state index contributed by atoms with van der Waals surface area (Å²) < 4.78 is 40.3. The zero-order chi connectivity index (χ0) is 20.9. The molecule has 1 aromatic rings. The van der Waals surface area contributed by atoms with Gasteiger partial charge < -0.3 is 9.47 Å². The Balaban J connectivity index is 1.87. The van der Waals surface area contributed by atoms with E-state index in [2.05, 4.69) is 0 Å². The summed E-state index contributed by atoms with van der Waals surface area (Å²) >= 11 is 0. The Morgan fingerprint density at radius 3 is 2.36 bits per heavy atom. The minimum atomic E-state index is -4.17. The second-order valence-electron chi connectivity index (χ2n) is 6.67. The van der Waals surface area contributed by atoms with E-state index in [1.54, 1.807) is 0 Å². The molecule has 0 saturated heterocycles. The predicted molar refractivity (Wildman–Crippen MR) is 105 cm³/mol. The van der Waals surface area contributed by atoms with Crippen molar-refractivity contribution in [1.82, 2.24) is 0 Å². The number of carbonyl (C=O) groups excluding carboxylic acids is 2. The molecule has 1 N–H and O–H groups in total. The molecule has 0 unspecified atom stereocenters. The van der Waals surface area contributed by atoms with E-state index >= 15 is 0 Å². The van der Waals surface area contributed by atoms with Crippen molar-refractivity contribution in [3.8, 4) is 0 Å². The van der Waals surface area contributed by atoms with Crippen LogP contribution in [-0.4, -0.2) is 66.9 Å². The van der Waals surface area contributed by atoms with Gasteiger partial charge in [-0.1, -0.05) is 29.4 Å². The highest BCUT2D eigenvalue weighted by Crippen LogP contribution is 2.28. The summed E-state index contributed by atoms with van der Waals surface area (Å²) in [5.41, 5.74) is 1.35. The van der Waals surface area contributed by atoms with Crippen molar-refractivity contribution in [3.05, 3.63) is 23.3 Å². The average molecular weight is 400 g/mol. The Labute approximate surface area is 168 Å². The topological polar surface area (TPSA) is 107 Å². The van der Waals surface area contributed by atoms with Gasteiger partial charge in [0.1, 0.15) is 34.2 Å². The second-order valence-corrected chi connectivity index (χ2v) is 8.24. The Kier molecular flexibility index (Phi) is 7.77. The van der Waals surface area contributed by atoms with Crippen LogP contribution in [0.2, 0.25) is 0 Å². The maximum Gasteiger partial charge on any atom is 0.338 e. The molecular weight excluding hydrogens is 381 g/mol. The quantitative estimate of drug-likeness (QED) is 0.359. The summed E-state index contributed by atoms with van der Waals surface area (Å²) in [6.45, 7) is -0.398. The maximum absolute atomic E-state index is 12.5. The first kappa shape index (κ1) is 22.6. The highest BCUT2D eigenvalue weighted by atomic mass is 32.2. The average Bonchev–Trinajstić information content (AvgIpc) is 2.60. The lowest BCUT2D eigenvalue weighted by Crippen LogP contribution is -2.31. The SMILES string of the molecule is [B]Cc1c([B])cc([B])cc1C(=O)OC1CCC(C(=O)OCCS(=O)(=O)O)CC1. The van der Waals surface area contributed by atoms with Gasteiger partial charge in [-0.05, 0) is 31.2 Å². The third kappa shape index (κ3) is 6.41. The molecule has 0 aliphatic heterocycles. The fourth-order valence-corrected chi connectivity index (χ4v) is 3.42. The normalized spacial score (nSPS) is 19.8. The number of benzene rings is 1. The Morgan fingerprint density at radius 2 is 1.79 bits per heavy atom. The zero-order valence-corrected chi connectivity index (χ0v) is 16.1. The molecule has 7 nitrogen and oxygen atoms in total. The Hall–Kier alpha value is -1.74. The monoisotopic (exact) mass is 400 g/mol. The number of carbonyl (C=O) groups is 2. The largest absolute Gasteiger partial charge is 0.464 e. The van der Waals surface area contributed by atoms with Crippen LogP contribution in [0.1, 0.15) is 41.6 Å². The molecule has 1 fully saturated rings. The van der Waals surface area contributed by atoms with E-state index in [1.165, 1.54) is 12.1 Å². The lowest BCUT2D eigenvalue weighted by molar-refractivity contribution is -0.149. The third-order valence-electron chi connectivity index (χ3n) is 4.60. The summed E-state index contributed by atoms with van der Waals surface area (Å²) in [7, 11) is 13.1. The van der Waals surface area contributed by atoms with Gasteiger partial charge in [-0.15, -0.1) is 0 Å². The van der Waals surface area contributed by atoms with Crippen molar-refractivity contribution >= 4 is 56.5 Å². The smallest absolute Gasteiger partial charge is 0.338 e. The third-order valence-corrected chi connectivity index (χ3v) is 5.28. The van der Waals surface area contributed by atoms with Crippen molar-refractivity contribution in [2.24, 2.45) is 5.92 Å². The number of rotatable bonds is 7. The Bertz CT molecular complexity index is 833. The zero-order valence-electron chi connectivity index (χ0n) is 15.3. The van der Waals surface area contributed by atoms with Gasteiger partial charge in [0, 0.05) is 0 Å². The van der Waals surface area contributed by atoms with E-state index in [0.717, 1.165) is 0 Å². The van der Waals surface area contributed by atoms with E-state index in [-0.39, 0.29) is 18.0 Å². The molecule has 0 heterocycles. The predicted octanol–water partition coefficient (Wildman–Crippen LogP) is -0.911. The van der Waals surface area contributed by atoms with Crippen LogP contribution in [0.25, 0.3) is 0 Å². The van der Waals surface area contributed by atoms with Crippen LogP contribution in [0.3, 0.4) is 0 Å². The van der Waals surface area contributed by atoms with Crippen LogP contribution in [0.5, 0.6) is 0 Å². The number of ether oxygens (including phenoxy) is 2. The van der Waals surface area contributed by atoms with Crippen LogP contribution in [0.15, 0.2) is 12.1 Å². The minimum Gasteiger partial charge on any atom is -0.464 e. The van der Waals surface area contributed by atoms with Gasteiger partial charge in [0.15, 0.2) is 0 Å². The van der Waals surface area contributed by atoms with E-state index in [9.17, 15) is 18.0 Å². The highest BCUT2D eigenvalue weighted by molar-refractivity contribution is 7.85. The molecule has 28 heavy (non-hydrogen) atoms. The second kappa shape index (κ2) is 9.65. The summed E-state index contributed by atoms with van der Waals surface area (Å²) in [4.78, 5) is 24.4. The summed E-state index contributed by atoms with van der Waals surface area (Å²) in [6, 6.07) is 3.00. The number of esters is 2. The van der Waals surface area contributed by atoms with Gasteiger partial charge in [0.25, 0.3) is 10.1 Å². The fourth-order valence-electron chi connectivity index (χ4n) is 3.12. The van der Waals surface area contributed by atoms with Crippen LogP contribution in [0, 0.1) is 5.92 Å². The first-order valence-corrected chi connectivity index (χ1v) is 10.4. The molecule has 0 aromatic heterocycles. The molecule has 0 atom stereocenters. The molecule has 0 bridgehead atoms. The lowest BCUT2D eigenvalue weighted by atomic mass is 9.77. The summed E-state index contributed by atoms with van der Waals surface area (Å²) in [5.74, 6) is -2.14. The molecule has 2 rings (SSSR count). The molecule has 0 spiro atoms. The number of hydrogen-bond donors (Lipinski definition) is 1. The van der Waals surface area contributed by atoms with Gasteiger partial charge >= 0.3 is 11.9 Å². The first-order chi connectivity index (χ1) is 13.1. The summed E-state index contributed by atoms with van der Waals surface area (Å²) in [5, 5.41) is 0. The molecule has 1 aromatic carbocycles. The maximum atomic E-state index is 12.5. The van der Waals surface area contributed by atoms with Gasteiger partial charge in [-0.25, -0.2) is 4.79 Å². The molecule has 6 radical (unpaired) electrons. The van der Waals surface area contributed by atoms with Gasteiger partial charge in [0.05, 0.1) is 19.3 Å². The fraction of sp³-hybridized carbons (Fsp3) is 0.529. The molecular formula is C17H19B3O7S. The molecule has 1 aliphatic carbocycles.